The zero-order chi connectivity index (χ0) is 17.7. The van der Waals surface area contributed by atoms with E-state index >= 15 is 0 Å². The highest BCUT2D eigenvalue weighted by molar-refractivity contribution is 7.90. The van der Waals surface area contributed by atoms with Crippen molar-refractivity contribution in [2.45, 2.75) is 19.3 Å². The molecule has 0 saturated carbocycles. The van der Waals surface area contributed by atoms with Gasteiger partial charge in [0.15, 0.2) is 0 Å². The average Bonchev–Trinajstić information content (AvgIpc) is 2.60. The van der Waals surface area contributed by atoms with Crippen LogP contribution in [0.2, 0.25) is 0 Å². The molecule has 9 heteroatoms. The standard InChI is InChI=1S/C15H20N2O6S/c1-22-14(18)11-8-12(15(19)23-2)10-13(9-11)16-24(20,21)17-6-4-3-5-7-17/h8-10,16H,3-7H2,1-2H3. The van der Waals surface area contributed by atoms with Gasteiger partial charge in [0.25, 0.3) is 0 Å². The second-order valence-electron chi connectivity index (χ2n) is 5.35. The Balaban J connectivity index is 2.34. The minimum absolute atomic E-state index is 0.0525. The zero-order valence-electron chi connectivity index (χ0n) is 13.6. The van der Waals surface area contributed by atoms with Gasteiger partial charge >= 0.3 is 22.1 Å². The minimum Gasteiger partial charge on any atom is -0.465 e. The van der Waals surface area contributed by atoms with Crippen molar-refractivity contribution in [1.82, 2.24) is 4.31 Å². The first kappa shape index (κ1) is 18.2. The highest BCUT2D eigenvalue weighted by Crippen LogP contribution is 2.20. The van der Waals surface area contributed by atoms with Gasteiger partial charge in [-0.25, -0.2) is 9.59 Å². The molecule has 1 aliphatic heterocycles. The molecule has 2 rings (SSSR count). The van der Waals surface area contributed by atoms with Gasteiger partial charge in [0.1, 0.15) is 0 Å². The third-order valence-corrected chi connectivity index (χ3v) is 5.22. The largest absolute Gasteiger partial charge is 0.465 e. The molecule has 8 nitrogen and oxygen atoms in total. The number of ether oxygens (including phenoxy) is 2. The molecule has 0 amide bonds. The van der Waals surface area contributed by atoms with Gasteiger partial charge in [-0.1, -0.05) is 6.42 Å². The van der Waals surface area contributed by atoms with Crippen LogP contribution in [0.1, 0.15) is 40.0 Å². The quantitative estimate of drug-likeness (QED) is 0.800. The number of methoxy groups -OCH3 is 2. The molecule has 1 heterocycles. The van der Waals surface area contributed by atoms with Gasteiger partial charge in [-0.2, -0.15) is 12.7 Å². The monoisotopic (exact) mass is 356 g/mol. The summed E-state index contributed by atoms with van der Waals surface area (Å²) in [5.41, 5.74) is 0.206. The fraction of sp³-hybridized carbons (Fsp3) is 0.467. The van der Waals surface area contributed by atoms with Gasteiger partial charge < -0.3 is 9.47 Å². The van der Waals surface area contributed by atoms with Crippen LogP contribution in [-0.4, -0.2) is 52.0 Å². The average molecular weight is 356 g/mol. The zero-order valence-corrected chi connectivity index (χ0v) is 14.4. The van der Waals surface area contributed by atoms with Gasteiger partial charge in [0.2, 0.25) is 0 Å². The lowest BCUT2D eigenvalue weighted by Gasteiger charge is -2.26. The molecule has 24 heavy (non-hydrogen) atoms. The molecule has 1 aromatic rings. The molecular formula is C15H20N2O6S. The topological polar surface area (TPSA) is 102 Å². The second kappa shape index (κ2) is 7.63. The van der Waals surface area contributed by atoms with Gasteiger partial charge in [0, 0.05) is 13.1 Å². The Morgan fingerprint density at radius 3 is 1.92 bits per heavy atom. The number of hydrogen-bond donors (Lipinski definition) is 1. The fourth-order valence-electron chi connectivity index (χ4n) is 2.48. The van der Waals surface area contributed by atoms with Crippen molar-refractivity contribution >= 4 is 27.8 Å². The van der Waals surface area contributed by atoms with Crippen LogP contribution in [-0.2, 0) is 19.7 Å². The molecule has 0 radical (unpaired) electrons. The summed E-state index contributed by atoms with van der Waals surface area (Å²) in [5, 5.41) is 0. The van der Waals surface area contributed by atoms with E-state index < -0.39 is 22.1 Å². The Hall–Kier alpha value is -2.13. The molecular weight excluding hydrogens is 336 g/mol. The van der Waals surface area contributed by atoms with Crippen LogP contribution in [0, 0.1) is 0 Å². The Kier molecular flexibility index (Phi) is 5.79. The fourth-order valence-corrected chi connectivity index (χ4v) is 3.76. The van der Waals surface area contributed by atoms with Crippen LogP contribution in [0.3, 0.4) is 0 Å². The molecule has 0 atom stereocenters. The number of carbonyl (C=O) groups is 2. The lowest BCUT2D eigenvalue weighted by Crippen LogP contribution is -2.39. The minimum atomic E-state index is -3.76. The summed E-state index contributed by atoms with van der Waals surface area (Å²) in [4.78, 5) is 23.5. The maximum atomic E-state index is 12.4. The molecule has 0 bridgehead atoms. The third kappa shape index (κ3) is 4.24. The summed E-state index contributed by atoms with van der Waals surface area (Å²) in [7, 11) is -1.36. The van der Waals surface area contributed by atoms with E-state index in [1.807, 2.05) is 0 Å². The van der Waals surface area contributed by atoms with Gasteiger partial charge in [-0.05, 0) is 31.0 Å². The maximum absolute atomic E-state index is 12.4. The predicted octanol–water partition coefficient (Wildman–Crippen LogP) is 1.40. The number of carbonyl (C=O) groups excluding carboxylic acids is 2. The van der Waals surface area contributed by atoms with E-state index in [-0.39, 0.29) is 16.8 Å². The molecule has 1 aromatic carbocycles. The van der Waals surface area contributed by atoms with E-state index in [4.69, 9.17) is 0 Å². The van der Waals surface area contributed by atoms with Crippen molar-refractivity contribution in [2.24, 2.45) is 0 Å². The van der Waals surface area contributed by atoms with E-state index in [1.165, 1.54) is 36.7 Å². The second-order valence-corrected chi connectivity index (χ2v) is 7.02. The summed E-state index contributed by atoms with van der Waals surface area (Å²) in [5.74, 6) is -1.36. The first-order chi connectivity index (χ1) is 11.4. The SMILES string of the molecule is COC(=O)c1cc(NS(=O)(=O)N2CCCCC2)cc(C(=O)OC)c1. The molecule has 1 aliphatic rings. The van der Waals surface area contributed by atoms with Crippen LogP contribution in [0.4, 0.5) is 5.69 Å². The highest BCUT2D eigenvalue weighted by atomic mass is 32.2. The third-order valence-electron chi connectivity index (χ3n) is 3.68. The van der Waals surface area contributed by atoms with Crippen molar-refractivity contribution in [3.8, 4) is 0 Å². The van der Waals surface area contributed by atoms with E-state index in [2.05, 4.69) is 14.2 Å². The Bertz CT molecular complexity index is 691. The van der Waals surface area contributed by atoms with Crippen LogP contribution < -0.4 is 4.72 Å². The van der Waals surface area contributed by atoms with Crippen molar-refractivity contribution in [3.63, 3.8) is 0 Å². The van der Waals surface area contributed by atoms with Crippen LogP contribution >= 0.6 is 0 Å². The number of piperidine rings is 1. The Morgan fingerprint density at radius 2 is 1.46 bits per heavy atom. The van der Waals surface area contributed by atoms with E-state index in [9.17, 15) is 18.0 Å². The molecule has 1 N–H and O–H groups in total. The highest BCUT2D eigenvalue weighted by Gasteiger charge is 2.24. The Labute approximate surface area is 140 Å². The van der Waals surface area contributed by atoms with Crippen molar-refractivity contribution < 1.29 is 27.5 Å². The number of nitrogens with zero attached hydrogens (tertiary/aromatic N) is 1. The first-order valence-electron chi connectivity index (χ1n) is 7.47. The molecule has 0 unspecified atom stereocenters. The van der Waals surface area contributed by atoms with E-state index in [0.29, 0.717) is 13.1 Å². The number of esters is 2. The number of benzene rings is 1. The molecule has 0 aliphatic carbocycles. The van der Waals surface area contributed by atoms with Gasteiger partial charge in [0.05, 0.1) is 31.0 Å². The van der Waals surface area contributed by atoms with E-state index in [0.717, 1.165) is 19.3 Å². The van der Waals surface area contributed by atoms with E-state index in [1.54, 1.807) is 0 Å². The molecule has 1 saturated heterocycles. The smallest absolute Gasteiger partial charge is 0.337 e. The summed E-state index contributed by atoms with van der Waals surface area (Å²) in [6.07, 6.45) is 2.60. The number of hydrogen-bond acceptors (Lipinski definition) is 6. The summed E-state index contributed by atoms with van der Waals surface area (Å²) in [6.45, 7) is 0.881. The predicted molar refractivity (Wildman–Crippen MR) is 87.1 cm³/mol. The number of nitrogens with one attached hydrogen (secondary N) is 1. The number of rotatable bonds is 5. The summed E-state index contributed by atoms with van der Waals surface area (Å²) < 4.78 is 37.9. The lowest BCUT2D eigenvalue weighted by molar-refractivity contribution is 0.0599. The normalized spacial score (nSPS) is 15.6. The number of anilines is 1. The van der Waals surface area contributed by atoms with Crippen LogP contribution in [0.15, 0.2) is 18.2 Å². The van der Waals surface area contributed by atoms with Crippen LogP contribution in [0.5, 0.6) is 0 Å². The van der Waals surface area contributed by atoms with Crippen molar-refractivity contribution in [3.05, 3.63) is 29.3 Å². The first-order valence-corrected chi connectivity index (χ1v) is 8.91. The lowest BCUT2D eigenvalue weighted by atomic mass is 10.1. The Morgan fingerprint density at radius 1 is 0.958 bits per heavy atom. The van der Waals surface area contributed by atoms with Gasteiger partial charge in [-0.15, -0.1) is 0 Å². The molecule has 0 aromatic heterocycles. The van der Waals surface area contributed by atoms with Crippen LogP contribution in [0.25, 0.3) is 0 Å². The van der Waals surface area contributed by atoms with Gasteiger partial charge in [-0.3, -0.25) is 4.72 Å². The summed E-state index contributed by atoms with van der Waals surface area (Å²) in [6, 6.07) is 3.93. The summed E-state index contributed by atoms with van der Waals surface area (Å²) >= 11 is 0. The molecule has 1 fully saturated rings. The van der Waals surface area contributed by atoms with Crippen molar-refractivity contribution in [2.75, 3.05) is 32.0 Å². The van der Waals surface area contributed by atoms with Crippen molar-refractivity contribution in [1.29, 1.82) is 0 Å². The molecule has 0 spiro atoms. The maximum Gasteiger partial charge on any atom is 0.337 e. The molecule has 132 valence electrons.